The molecule has 2 aromatic carbocycles. The summed E-state index contributed by atoms with van der Waals surface area (Å²) in [6.07, 6.45) is -1.45. The second-order valence-corrected chi connectivity index (χ2v) is 5.92. The Morgan fingerprint density at radius 1 is 0.929 bits per heavy atom. The SMILES string of the molecule is CC(=O)Nc1cccc(-c2cncc(Nc3ccc(OC(F)(F)F)cc3)c2)c1. The Hall–Kier alpha value is -3.55. The summed E-state index contributed by atoms with van der Waals surface area (Å²) in [7, 11) is 0. The van der Waals surface area contributed by atoms with Gasteiger partial charge in [-0.05, 0) is 48.0 Å². The zero-order valence-corrected chi connectivity index (χ0v) is 14.7. The molecule has 3 rings (SSSR count). The number of nitrogens with zero attached hydrogens (tertiary/aromatic N) is 1. The molecule has 0 fully saturated rings. The van der Waals surface area contributed by atoms with Gasteiger partial charge in [-0.3, -0.25) is 9.78 Å². The maximum Gasteiger partial charge on any atom is 0.573 e. The fourth-order valence-electron chi connectivity index (χ4n) is 2.55. The fraction of sp³-hybridized carbons (Fsp3) is 0.100. The summed E-state index contributed by atoms with van der Waals surface area (Å²) in [4.78, 5) is 15.4. The molecular weight excluding hydrogens is 371 g/mol. The Morgan fingerprint density at radius 2 is 1.64 bits per heavy atom. The molecule has 2 N–H and O–H groups in total. The van der Waals surface area contributed by atoms with Crippen LogP contribution in [0.1, 0.15) is 6.92 Å². The summed E-state index contributed by atoms with van der Waals surface area (Å²) in [6, 6.07) is 14.6. The first-order valence-electron chi connectivity index (χ1n) is 8.24. The Balaban J connectivity index is 1.76. The van der Waals surface area contributed by atoms with Gasteiger partial charge in [0.15, 0.2) is 0 Å². The van der Waals surface area contributed by atoms with E-state index >= 15 is 0 Å². The van der Waals surface area contributed by atoms with E-state index in [2.05, 4.69) is 20.4 Å². The molecule has 1 aromatic heterocycles. The lowest BCUT2D eigenvalue weighted by atomic mass is 10.1. The second kappa shape index (κ2) is 7.99. The third-order valence-corrected chi connectivity index (χ3v) is 3.63. The number of carbonyl (C=O) groups excluding carboxylic acids is 1. The number of benzene rings is 2. The summed E-state index contributed by atoms with van der Waals surface area (Å²) in [5.74, 6) is -0.455. The molecule has 1 amide bonds. The van der Waals surface area contributed by atoms with E-state index in [1.165, 1.54) is 31.2 Å². The molecule has 0 bridgehead atoms. The molecule has 5 nitrogen and oxygen atoms in total. The van der Waals surface area contributed by atoms with E-state index in [4.69, 9.17) is 0 Å². The molecule has 144 valence electrons. The van der Waals surface area contributed by atoms with E-state index in [0.717, 1.165) is 11.1 Å². The van der Waals surface area contributed by atoms with Gasteiger partial charge in [0.05, 0.1) is 11.9 Å². The first kappa shape index (κ1) is 19.2. The van der Waals surface area contributed by atoms with Crippen molar-refractivity contribution in [3.8, 4) is 16.9 Å². The van der Waals surface area contributed by atoms with Gasteiger partial charge >= 0.3 is 6.36 Å². The van der Waals surface area contributed by atoms with Crippen molar-refractivity contribution in [2.24, 2.45) is 0 Å². The number of pyridine rings is 1. The minimum atomic E-state index is -4.72. The number of ether oxygens (including phenoxy) is 1. The predicted octanol–water partition coefficient (Wildman–Crippen LogP) is 5.35. The van der Waals surface area contributed by atoms with E-state index in [-0.39, 0.29) is 11.7 Å². The highest BCUT2D eigenvalue weighted by Gasteiger charge is 2.30. The van der Waals surface area contributed by atoms with Gasteiger partial charge in [-0.25, -0.2) is 0 Å². The first-order chi connectivity index (χ1) is 13.3. The second-order valence-electron chi connectivity index (χ2n) is 5.92. The Labute approximate surface area is 159 Å². The van der Waals surface area contributed by atoms with Gasteiger partial charge in [-0.1, -0.05) is 12.1 Å². The average molecular weight is 387 g/mol. The van der Waals surface area contributed by atoms with Crippen LogP contribution < -0.4 is 15.4 Å². The van der Waals surface area contributed by atoms with Crippen LogP contribution in [-0.2, 0) is 4.79 Å². The lowest BCUT2D eigenvalue weighted by molar-refractivity contribution is -0.274. The van der Waals surface area contributed by atoms with E-state index in [1.807, 2.05) is 24.3 Å². The predicted molar refractivity (Wildman–Crippen MR) is 100 cm³/mol. The van der Waals surface area contributed by atoms with Crippen molar-refractivity contribution in [3.63, 3.8) is 0 Å². The number of amides is 1. The first-order valence-corrected chi connectivity index (χ1v) is 8.24. The number of nitrogens with one attached hydrogen (secondary N) is 2. The number of hydrogen-bond acceptors (Lipinski definition) is 4. The third-order valence-electron chi connectivity index (χ3n) is 3.63. The highest BCUT2D eigenvalue weighted by Crippen LogP contribution is 2.28. The standard InChI is InChI=1S/C20H16F3N3O2/c1-13(27)25-17-4-2-3-14(9-17)15-10-18(12-24-11-15)26-16-5-7-19(8-6-16)28-20(21,22)23/h2-12,26H,1H3,(H,25,27). The molecule has 0 atom stereocenters. The molecule has 0 saturated heterocycles. The van der Waals surface area contributed by atoms with Crippen LogP contribution in [0.3, 0.4) is 0 Å². The van der Waals surface area contributed by atoms with Gasteiger partial charge in [-0.15, -0.1) is 13.2 Å². The third kappa shape index (κ3) is 5.47. The molecule has 0 radical (unpaired) electrons. The van der Waals surface area contributed by atoms with E-state index in [0.29, 0.717) is 17.1 Å². The molecule has 0 saturated carbocycles. The van der Waals surface area contributed by atoms with Crippen LogP contribution in [-0.4, -0.2) is 17.3 Å². The number of anilines is 3. The van der Waals surface area contributed by atoms with Crippen LogP contribution in [0, 0.1) is 0 Å². The molecular formula is C20H16F3N3O2. The maximum absolute atomic E-state index is 12.2. The molecule has 28 heavy (non-hydrogen) atoms. The van der Waals surface area contributed by atoms with Gasteiger partial charge < -0.3 is 15.4 Å². The van der Waals surface area contributed by atoms with Crippen molar-refractivity contribution in [2.75, 3.05) is 10.6 Å². The average Bonchev–Trinajstić information content (AvgIpc) is 2.62. The molecule has 3 aromatic rings. The molecule has 0 aliphatic rings. The number of aromatic nitrogens is 1. The van der Waals surface area contributed by atoms with Gasteiger partial charge in [0.2, 0.25) is 5.91 Å². The summed E-state index contributed by atoms with van der Waals surface area (Å²) >= 11 is 0. The van der Waals surface area contributed by atoms with Gasteiger partial charge in [0.1, 0.15) is 5.75 Å². The van der Waals surface area contributed by atoms with Crippen molar-refractivity contribution in [3.05, 3.63) is 67.0 Å². The maximum atomic E-state index is 12.2. The number of rotatable bonds is 5. The molecule has 0 aliphatic carbocycles. The highest BCUT2D eigenvalue weighted by atomic mass is 19.4. The Kier molecular flexibility index (Phi) is 5.49. The summed E-state index contributed by atoms with van der Waals surface area (Å²) in [5, 5.41) is 5.81. The summed E-state index contributed by atoms with van der Waals surface area (Å²) < 4.78 is 40.5. The number of alkyl halides is 3. The quantitative estimate of drug-likeness (QED) is 0.620. The van der Waals surface area contributed by atoms with Gasteiger partial charge in [-0.2, -0.15) is 0 Å². The minimum absolute atomic E-state index is 0.163. The van der Waals surface area contributed by atoms with E-state index in [1.54, 1.807) is 18.5 Å². The van der Waals surface area contributed by atoms with Crippen LogP contribution in [0.5, 0.6) is 5.75 Å². The normalized spacial score (nSPS) is 11.0. The van der Waals surface area contributed by atoms with Gasteiger partial charge in [0.25, 0.3) is 0 Å². The highest BCUT2D eigenvalue weighted by molar-refractivity contribution is 5.89. The van der Waals surface area contributed by atoms with Crippen LogP contribution >= 0.6 is 0 Å². The van der Waals surface area contributed by atoms with Crippen LogP contribution in [0.25, 0.3) is 11.1 Å². The van der Waals surface area contributed by atoms with Crippen molar-refractivity contribution >= 4 is 23.0 Å². The van der Waals surface area contributed by atoms with Crippen LogP contribution in [0.2, 0.25) is 0 Å². The number of carbonyl (C=O) groups is 1. The molecule has 0 spiro atoms. The lowest BCUT2D eigenvalue weighted by Crippen LogP contribution is -2.16. The van der Waals surface area contributed by atoms with Crippen LogP contribution in [0.4, 0.5) is 30.2 Å². The summed E-state index contributed by atoms with van der Waals surface area (Å²) in [6.45, 7) is 1.43. The van der Waals surface area contributed by atoms with Gasteiger partial charge in [0, 0.05) is 30.1 Å². The van der Waals surface area contributed by atoms with E-state index < -0.39 is 6.36 Å². The molecule has 8 heteroatoms. The molecule has 1 heterocycles. The van der Waals surface area contributed by atoms with Crippen molar-refractivity contribution in [1.82, 2.24) is 4.98 Å². The monoisotopic (exact) mass is 387 g/mol. The van der Waals surface area contributed by atoms with Crippen molar-refractivity contribution in [1.29, 1.82) is 0 Å². The zero-order valence-electron chi connectivity index (χ0n) is 14.7. The van der Waals surface area contributed by atoms with Crippen LogP contribution in [0.15, 0.2) is 67.0 Å². The molecule has 0 unspecified atom stereocenters. The summed E-state index contributed by atoms with van der Waals surface area (Å²) in [5.41, 5.74) is 3.58. The lowest BCUT2D eigenvalue weighted by Gasteiger charge is -2.11. The van der Waals surface area contributed by atoms with E-state index in [9.17, 15) is 18.0 Å². The van der Waals surface area contributed by atoms with Crippen molar-refractivity contribution < 1.29 is 22.7 Å². The fourth-order valence-corrected chi connectivity index (χ4v) is 2.55. The van der Waals surface area contributed by atoms with Crippen molar-refractivity contribution in [2.45, 2.75) is 13.3 Å². The zero-order chi connectivity index (χ0) is 20.1. The molecule has 0 aliphatic heterocycles. The topological polar surface area (TPSA) is 63.2 Å². The Morgan fingerprint density at radius 3 is 2.32 bits per heavy atom. The smallest absolute Gasteiger partial charge is 0.406 e. The number of hydrogen-bond donors (Lipinski definition) is 2. The minimum Gasteiger partial charge on any atom is -0.406 e. The largest absolute Gasteiger partial charge is 0.573 e. The number of halogens is 3. The Bertz CT molecular complexity index is 973.